The molecule has 1 aromatic carbocycles. The van der Waals surface area contributed by atoms with Crippen molar-refractivity contribution in [1.82, 2.24) is 4.98 Å². The van der Waals surface area contributed by atoms with Gasteiger partial charge in [-0.05, 0) is 17.5 Å². The van der Waals surface area contributed by atoms with Crippen molar-refractivity contribution in [2.75, 3.05) is 26.6 Å². The Balaban J connectivity index is 1.87. The molecule has 0 saturated carbocycles. The summed E-state index contributed by atoms with van der Waals surface area (Å²) in [7, 11) is 4.58. The number of hydrogen-bond donors (Lipinski definition) is 1. The number of thiophene rings is 1. The smallest absolute Gasteiger partial charge is 0.257 e. The maximum Gasteiger partial charge on any atom is 0.257 e. The van der Waals surface area contributed by atoms with Crippen LogP contribution in [0.1, 0.15) is 10.4 Å². The largest absolute Gasteiger partial charge is 0.493 e. The minimum atomic E-state index is -0.273. The molecule has 7 heteroatoms. The molecule has 0 spiro atoms. The standard InChI is InChI=1S/C19H18N2O4S/c1-23-15-8-14(9-16(24-2)18(15)25-3)21-19(22)13-7-12(10-20-11-13)17-5-4-6-26-17/h4-11H,1-3H3,(H,21,22). The topological polar surface area (TPSA) is 69.7 Å². The first-order chi connectivity index (χ1) is 12.7. The highest BCUT2D eigenvalue weighted by Gasteiger charge is 2.15. The van der Waals surface area contributed by atoms with Crippen molar-refractivity contribution in [3.63, 3.8) is 0 Å². The molecule has 6 nitrogen and oxygen atoms in total. The molecule has 3 aromatic rings. The van der Waals surface area contributed by atoms with E-state index in [0.29, 0.717) is 28.5 Å². The number of ether oxygens (including phenoxy) is 3. The molecule has 0 aliphatic carbocycles. The van der Waals surface area contributed by atoms with Crippen LogP contribution in [0.3, 0.4) is 0 Å². The van der Waals surface area contributed by atoms with Crippen LogP contribution in [0, 0.1) is 0 Å². The van der Waals surface area contributed by atoms with E-state index in [1.54, 1.807) is 29.7 Å². The van der Waals surface area contributed by atoms with Crippen LogP contribution in [0.2, 0.25) is 0 Å². The lowest BCUT2D eigenvalue weighted by Crippen LogP contribution is -2.12. The first-order valence-corrected chi connectivity index (χ1v) is 8.64. The normalized spacial score (nSPS) is 10.3. The monoisotopic (exact) mass is 370 g/mol. The Kier molecular flexibility index (Phi) is 5.38. The Bertz CT molecular complexity index is 885. The molecule has 2 heterocycles. The molecule has 26 heavy (non-hydrogen) atoms. The summed E-state index contributed by atoms with van der Waals surface area (Å²) in [5.41, 5.74) is 1.90. The molecule has 0 bridgehead atoms. The summed E-state index contributed by atoms with van der Waals surface area (Å²) in [5.74, 6) is 1.12. The zero-order chi connectivity index (χ0) is 18.5. The molecular formula is C19H18N2O4S. The molecule has 1 N–H and O–H groups in total. The van der Waals surface area contributed by atoms with Gasteiger partial charge in [0.2, 0.25) is 5.75 Å². The first kappa shape index (κ1) is 17.8. The second-order valence-electron chi connectivity index (χ2n) is 5.31. The van der Waals surface area contributed by atoms with Crippen molar-refractivity contribution in [3.8, 4) is 27.7 Å². The minimum absolute atomic E-state index is 0.273. The summed E-state index contributed by atoms with van der Waals surface area (Å²) in [5, 5.41) is 4.82. The van der Waals surface area contributed by atoms with Crippen LogP contribution in [0.4, 0.5) is 5.69 Å². The average Bonchev–Trinajstić information content (AvgIpc) is 3.22. The molecule has 0 radical (unpaired) electrons. The van der Waals surface area contributed by atoms with Gasteiger partial charge in [0.05, 0.1) is 26.9 Å². The van der Waals surface area contributed by atoms with Gasteiger partial charge in [0.1, 0.15) is 0 Å². The van der Waals surface area contributed by atoms with Crippen LogP contribution in [0.25, 0.3) is 10.4 Å². The molecule has 3 rings (SSSR count). The molecular weight excluding hydrogens is 352 g/mol. The number of amides is 1. The number of carbonyl (C=O) groups is 1. The average molecular weight is 370 g/mol. The van der Waals surface area contributed by atoms with Gasteiger partial charge in [-0.2, -0.15) is 0 Å². The fraction of sp³-hybridized carbons (Fsp3) is 0.158. The van der Waals surface area contributed by atoms with E-state index in [4.69, 9.17) is 14.2 Å². The highest BCUT2D eigenvalue weighted by atomic mass is 32.1. The van der Waals surface area contributed by atoms with Crippen molar-refractivity contribution in [2.24, 2.45) is 0 Å². The van der Waals surface area contributed by atoms with Gasteiger partial charge in [-0.25, -0.2) is 0 Å². The lowest BCUT2D eigenvalue weighted by molar-refractivity contribution is 0.102. The maximum atomic E-state index is 12.6. The van der Waals surface area contributed by atoms with Crippen molar-refractivity contribution < 1.29 is 19.0 Å². The molecule has 0 atom stereocenters. The molecule has 0 aliphatic rings. The van der Waals surface area contributed by atoms with Crippen LogP contribution in [-0.4, -0.2) is 32.2 Å². The van der Waals surface area contributed by atoms with Gasteiger partial charge in [-0.1, -0.05) is 6.07 Å². The number of anilines is 1. The van der Waals surface area contributed by atoms with Gasteiger partial charge in [0, 0.05) is 40.7 Å². The van der Waals surface area contributed by atoms with Crippen molar-refractivity contribution in [3.05, 3.63) is 53.7 Å². The fourth-order valence-corrected chi connectivity index (χ4v) is 3.21. The Hall–Kier alpha value is -3.06. The molecule has 0 fully saturated rings. The SMILES string of the molecule is COc1cc(NC(=O)c2cncc(-c3cccs3)c2)cc(OC)c1OC. The molecule has 1 amide bonds. The van der Waals surface area contributed by atoms with Crippen molar-refractivity contribution >= 4 is 22.9 Å². The summed E-state index contributed by atoms with van der Waals surface area (Å²) in [4.78, 5) is 17.9. The second kappa shape index (κ2) is 7.88. The van der Waals surface area contributed by atoms with Crippen molar-refractivity contribution in [2.45, 2.75) is 0 Å². The third-order valence-electron chi connectivity index (χ3n) is 3.73. The highest BCUT2D eigenvalue weighted by Crippen LogP contribution is 2.40. The lowest BCUT2D eigenvalue weighted by atomic mass is 10.1. The molecule has 0 unspecified atom stereocenters. The third kappa shape index (κ3) is 3.62. The number of hydrogen-bond acceptors (Lipinski definition) is 6. The number of nitrogens with zero attached hydrogens (tertiary/aromatic N) is 1. The van der Waals surface area contributed by atoms with Gasteiger partial charge < -0.3 is 19.5 Å². The lowest BCUT2D eigenvalue weighted by Gasteiger charge is -2.14. The quantitative estimate of drug-likeness (QED) is 0.708. The molecule has 0 aliphatic heterocycles. The second-order valence-corrected chi connectivity index (χ2v) is 6.26. The summed E-state index contributed by atoms with van der Waals surface area (Å²) < 4.78 is 15.9. The third-order valence-corrected chi connectivity index (χ3v) is 4.65. The van der Waals surface area contributed by atoms with E-state index < -0.39 is 0 Å². The van der Waals surface area contributed by atoms with Crippen molar-refractivity contribution in [1.29, 1.82) is 0 Å². The van der Waals surface area contributed by atoms with Crippen LogP contribution < -0.4 is 19.5 Å². The zero-order valence-corrected chi connectivity index (χ0v) is 15.4. The van der Waals surface area contributed by atoms with E-state index in [9.17, 15) is 4.79 Å². The van der Waals surface area contributed by atoms with E-state index in [-0.39, 0.29) is 5.91 Å². The Morgan fingerprint density at radius 1 is 1.04 bits per heavy atom. The van der Waals surface area contributed by atoms with Gasteiger partial charge in [-0.15, -0.1) is 11.3 Å². The Labute approximate surface area is 155 Å². The predicted molar refractivity (Wildman–Crippen MR) is 102 cm³/mol. The summed E-state index contributed by atoms with van der Waals surface area (Å²) in [6.45, 7) is 0. The first-order valence-electron chi connectivity index (χ1n) is 7.76. The number of carbonyl (C=O) groups excluding carboxylic acids is 1. The van der Waals surface area contributed by atoms with Gasteiger partial charge in [0.15, 0.2) is 11.5 Å². The number of methoxy groups -OCH3 is 3. The zero-order valence-electron chi connectivity index (χ0n) is 14.6. The van der Waals surface area contributed by atoms with Gasteiger partial charge in [-0.3, -0.25) is 9.78 Å². The minimum Gasteiger partial charge on any atom is -0.493 e. The van der Waals surface area contributed by atoms with E-state index in [2.05, 4.69) is 10.3 Å². The number of aromatic nitrogens is 1. The van der Waals surface area contributed by atoms with Crippen LogP contribution >= 0.6 is 11.3 Å². The van der Waals surface area contributed by atoms with Gasteiger partial charge >= 0.3 is 0 Å². The van der Waals surface area contributed by atoms with Gasteiger partial charge in [0.25, 0.3) is 5.91 Å². The summed E-state index contributed by atoms with van der Waals surface area (Å²) in [6, 6.07) is 9.11. The number of rotatable bonds is 6. The van der Waals surface area contributed by atoms with Crippen LogP contribution in [0.15, 0.2) is 48.1 Å². The van der Waals surface area contributed by atoms with E-state index in [0.717, 1.165) is 10.4 Å². The summed E-state index contributed by atoms with van der Waals surface area (Å²) in [6.07, 6.45) is 3.27. The van der Waals surface area contributed by atoms with Crippen LogP contribution in [0.5, 0.6) is 17.2 Å². The molecule has 134 valence electrons. The Morgan fingerprint density at radius 2 is 1.77 bits per heavy atom. The summed E-state index contributed by atoms with van der Waals surface area (Å²) >= 11 is 1.60. The Morgan fingerprint density at radius 3 is 2.35 bits per heavy atom. The van der Waals surface area contributed by atoms with E-state index in [1.807, 2.05) is 23.6 Å². The van der Waals surface area contributed by atoms with Crippen LogP contribution in [-0.2, 0) is 0 Å². The van der Waals surface area contributed by atoms with E-state index in [1.165, 1.54) is 27.5 Å². The number of benzene rings is 1. The number of pyridine rings is 1. The highest BCUT2D eigenvalue weighted by molar-refractivity contribution is 7.13. The van der Waals surface area contributed by atoms with E-state index >= 15 is 0 Å². The molecule has 0 saturated heterocycles. The predicted octanol–water partition coefficient (Wildman–Crippen LogP) is 4.09. The fourth-order valence-electron chi connectivity index (χ4n) is 2.50. The number of nitrogens with one attached hydrogen (secondary N) is 1. The maximum absolute atomic E-state index is 12.6. The molecule has 2 aromatic heterocycles.